The molecule has 1 aromatic heterocycles. The molecule has 0 aliphatic heterocycles. The minimum Gasteiger partial charge on any atom is -0.248 e. The van der Waals surface area contributed by atoms with Crippen molar-refractivity contribution in [2.24, 2.45) is 0 Å². The van der Waals surface area contributed by atoms with Gasteiger partial charge < -0.3 is 0 Å². The van der Waals surface area contributed by atoms with Crippen molar-refractivity contribution in [1.29, 1.82) is 0 Å². The van der Waals surface area contributed by atoms with Gasteiger partial charge >= 0.3 is 0 Å². The molecule has 0 amide bonds. The molecular formula is C15H19FN2O2S2. The molecule has 2 aromatic rings. The highest BCUT2D eigenvalue weighted by atomic mass is 32.2. The lowest BCUT2D eigenvalue weighted by atomic mass is 10.1. The van der Waals surface area contributed by atoms with E-state index in [0.717, 1.165) is 21.9 Å². The Morgan fingerprint density at radius 2 is 2.00 bits per heavy atom. The first-order valence-corrected chi connectivity index (χ1v) is 9.61. The summed E-state index contributed by atoms with van der Waals surface area (Å²) in [5.41, 5.74) is 1.00. The first-order chi connectivity index (χ1) is 10.5. The van der Waals surface area contributed by atoms with Gasteiger partial charge in [0.05, 0.1) is 12.3 Å². The summed E-state index contributed by atoms with van der Waals surface area (Å²) in [5.74, 6) is -0.104. The largest absolute Gasteiger partial charge is 0.248 e. The first-order valence-electron chi connectivity index (χ1n) is 7.14. The van der Waals surface area contributed by atoms with Crippen molar-refractivity contribution in [1.82, 2.24) is 9.71 Å². The second-order valence-electron chi connectivity index (χ2n) is 5.02. The van der Waals surface area contributed by atoms with Gasteiger partial charge in [0.2, 0.25) is 10.0 Å². The number of aromatic nitrogens is 1. The van der Waals surface area contributed by atoms with Gasteiger partial charge in [0, 0.05) is 17.5 Å². The summed E-state index contributed by atoms with van der Waals surface area (Å²) >= 11 is 1.46. The fourth-order valence-electron chi connectivity index (χ4n) is 1.89. The van der Waals surface area contributed by atoms with Crippen molar-refractivity contribution in [2.75, 3.05) is 5.75 Å². The van der Waals surface area contributed by atoms with Gasteiger partial charge in [-0.2, -0.15) is 0 Å². The Bertz CT molecular complexity index is 697. The van der Waals surface area contributed by atoms with Crippen LogP contribution in [-0.2, 0) is 23.0 Å². The van der Waals surface area contributed by atoms with Crippen LogP contribution >= 0.6 is 11.3 Å². The van der Waals surface area contributed by atoms with Crippen molar-refractivity contribution in [3.05, 3.63) is 51.7 Å². The number of halogens is 1. The van der Waals surface area contributed by atoms with Gasteiger partial charge in [-0.1, -0.05) is 25.5 Å². The molecule has 120 valence electrons. The minimum atomic E-state index is -3.22. The second kappa shape index (κ2) is 7.80. The molecule has 0 atom stereocenters. The van der Waals surface area contributed by atoms with Crippen LogP contribution in [0.2, 0.25) is 0 Å². The molecule has 7 heteroatoms. The zero-order chi connectivity index (χ0) is 16.0. The summed E-state index contributed by atoms with van der Waals surface area (Å²) in [6.45, 7) is 2.18. The quantitative estimate of drug-likeness (QED) is 0.802. The summed E-state index contributed by atoms with van der Waals surface area (Å²) in [7, 11) is -3.22. The third-order valence-corrected chi connectivity index (χ3v) is 5.51. The van der Waals surface area contributed by atoms with Gasteiger partial charge in [-0.25, -0.2) is 22.5 Å². The smallest absolute Gasteiger partial charge is 0.211 e. The van der Waals surface area contributed by atoms with Crippen LogP contribution in [0.4, 0.5) is 4.39 Å². The van der Waals surface area contributed by atoms with Crippen LogP contribution in [0, 0.1) is 5.82 Å². The molecule has 1 N–H and O–H groups in total. The summed E-state index contributed by atoms with van der Waals surface area (Å²) in [4.78, 5) is 5.25. The number of unbranched alkanes of at least 4 members (excludes halogenated alkanes) is 1. The maximum atomic E-state index is 12.9. The lowest BCUT2D eigenvalue weighted by Crippen LogP contribution is -2.25. The molecule has 1 aromatic carbocycles. The van der Waals surface area contributed by atoms with E-state index in [2.05, 4.69) is 9.71 Å². The predicted octanol–water partition coefficient (Wildman–Crippen LogP) is 3.09. The van der Waals surface area contributed by atoms with E-state index in [9.17, 15) is 12.8 Å². The second-order valence-corrected chi connectivity index (χ2v) is 8.14. The van der Waals surface area contributed by atoms with E-state index in [-0.39, 0.29) is 18.1 Å². The lowest BCUT2D eigenvalue weighted by Gasteiger charge is -2.03. The molecular weight excluding hydrogens is 323 g/mol. The van der Waals surface area contributed by atoms with Crippen LogP contribution in [0.15, 0.2) is 30.5 Å². The molecule has 0 saturated heterocycles. The van der Waals surface area contributed by atoms with Crippen molar-refractivity contribution in [2.45, 2.75) is 32.7 Å². The number of sulfonamides is 1. The number of nitrogens with one attached hydrogen (secondary N) is 1. The molecule has 22 heavy (non-hydrogen) atoms. The Balaban J connectivity index is 1.90. The van der Waals surface area contributed by atoms with E-state index in [0.29, 0.717) is 12.8 Å². The first kappa shape index (κ1) is 17.1. The summed E-state index contributed by atoms with van der Waals surface area (Å²) in [6, 6.07) is 6.34. The molecule has 2 rings (SSSR count). The zero-order valence-corrected chi connectivity index (χ0v) is 14.0. The fourth-order valence-corrected chi connectivity index (χ4v) is 4.05. The number of rotatable bonds is 8. The Hall–Kier alpha value is -1.31. The summed E-state index contributed by atoms with van der Waals surface area (Å²) in [5, 5.41) is 0.734. The SMILES string of the molecule is CCCCS(=O)(=O)NCc1ncc(Cc2ccc(F)cc2)s1. The highest BCUT2D eigenvalue weighted by molar-refractivity contribution is 7.89. The average Bonchev–Trinajstić information content (AvgIpc) is 2.93. The molecule has 0 fully saturated rings. The monoisotopic (exact) mass is 342 g/mol. The average molecular weight is 342 g/mol. The van der Waals surface area contributed by atoms with Gasteiger partial charge in [-0.05, 0) is 24.1 Å². The third kappa shape index (κ3) is 5.47. The minimum absolute atomic E-state index is 0.150. The number of thiazole rings is 1. The molecule has 0 aliphatic rings. The number of hydrogen-bond acceptors (Lipinski definition) is 4. The van der Waals surface area contributed by atoms with E-state index in [1.54, 1.807) is 18.3 Å². The van der Waals surface area contributed by atoms with Crippen LogP contribution in [0.3, 0.4) is 0 Å². The molecule has 1 heterocycles. The topological polar surface area (TPSA) is 59.1 Å². The van der Waals surface area contributed by atoms with Crippen LogP contribution < -0.4 is 4.72 Å². The van der Waals surface area contributed by atoms with Crippen LogP contribution in [0.25, 0.3) is 0 Å². The van der Waals surface area contributed by atoms with E-state index in [1.807, 2.05) is 6.92 Å². The highest BCUT2D eigenvalue weighted by Crippen LogP contribution is 2.17. The van der Waals surface area contributed by atoms with Gasteiger partial charge in [-0.15, -0.1) is 11.3 Å². The van der Waals surface area contributed by atoms with Crippen LogP contribution in [0.5, 0.6) is 0 Å². The Labute approximate surface area is 134 Å². The zero-order valence-electron chi connectivity index (χ0n) is 12.4. The van der Waals surface area contributed by atoms with Gasteiger partial charge in [0.1, 0.15) is 10.8 Å². The van der Waals surface area contributed by atoms with Gasteiger partial charge in [0.25, 0.3) is 0 Å². The maximum absolute atomic E-state index is 12.9. The Morgan fingerprint density at radius 1 is 1.27 bits per heavy atom. The normalized spacial score (nSPS) is 11.7. The van der Waals surface area contributed by atoms with Crippen molar-refractivity contribution >= 4 is 21.4 Å². The molecule has 0 saturated carbocycles. The number of benzene rings is 1. The van der Waals surface area contributed by atoms with E-state index in [1.165, 1.54) is 23.5 Å². The third-order valence-electron chi connectivity index (χ3n) is 3.10. The van der Waals surface area contributed by atoms with Crippen molar-refractivity contribution in [3.8, 4) is 0 Å². The summed E-state index contributed by atoms with van der Waals surface area (Å²) in [6.07, 6.45) is 3.91. The van der Waals surface area contributed by atoms with E-state index in [4.69, 9.17) is 0 Å². The fraction of sp³-hybridized carbons (Fsp3) is 0.400. The van der Waals surface area contributed by atoms with Crippen molar-refractivity contribution < 1.29 is 12.8 Å². The molecule has 0 bridgehead atoms. The molecule has 4 nitrogen and oxygen atoms in total. The molecule has 0 radical (unpaired) electrons. The van der Waals surface area contributed by atoms with Crippen LogP contribution in [-0.4, -0.2) is 19.2 Å². The van der Waals surface area contributed by atoms with Gasteiger partial charge in [0.15, 0.2) is 0 Å². The Kier molecular flexibility index (Phi) is 6.05. The number of hydrogen-bond donors (Lipinski definition) is 1. The highest BCUT2D eigenvalue weighted by Gasteiger charge is 2.11. The Morgan fingerprint density at radius 3 is 2.68 bits per heavy atom. The summed E-state index contributed by atoms with van der Waals surface area (Å²) < 4.78 is 38.9. The molecule has 0 spiro atoms. The molecule has 0 aliphatic carbocycles. The van der Waals surface area contributed by atoms with Crippen LogP contribution in [0.1, 0.15) is 35.2 Å². The lowest BCUT2D eigenvalue weighted by molar-refractivity contribution is 0.577. The predicted molar refractivity (Wildman–Crippen MR) is 86.9 cm³/mol. The number of nitrogens with zero attached hydrogens (tertiary/aromatic N) is 1. The molecule has 0 unspecified atom stereocenters. The van der Waals surface area contributed by atoms with E-state index >= 15 is 0 Å². The maximum Gasteiger partial charge on any atom is 0.211 e. The standard InChI is InChI=1S/C15H19FN2O2S2/c1-2-3-8-22(19,20)18-11-15-17-10-14(21-15)9-12-4-6-13(16)7-5-12/h4-7,10,18H,2-3,8-9,11H2,1H3. The van der Waals surface area contributed by atoms with Crippen molar-refractivity contribution in [3.63, 3.8) is 0 Å². The van der Waals surface area contributed by atoms with E-state index < -0.39 is 10.0 Å². The van der Waals surface area contributed by atoms with Gasteiger partial charge in [-0.3, -0.25) is 0 Å².